The summed E-state index contributed by atoms with van der Waals surface area (Å²) in [5.74, 6) is -0.612. The summed E-state index contributed by atoms with van der Waals surface area (Å²) in [6.07, 6.45) is 9.90. The maximum Gasteiger partial charge on any atom is 0.339 e. The Balaban J connectivity index is 1.68. The fraction of sp³-hybridized carbons (Fsp3) is 0.379. The highest BCUT2D eigenvalue weighted by molar-refractivity contribution is 6.06. The number of methoxy groups -OCH3 is 1. The molecule has 178 valence electrons. The number of anilines is 1. The average Bonchev–Trinajstić information content (AvgIpc) is 3.26. The molecular formula is C29H33NO4. The van der Waals surface area contributed by atoms with Gasteiger partial charge in [-0.2, -0.15) is 0 Å². The number of hydrogen-bond donors (Lipinski definition) is 0. The Labute approximate surface area is 202 Å². The van der Waals surface area contributed by atoms with Crippen molar-refractivity contribution in [3.63, 3.8) is 0 Å². The van der Waals surface area contributed by atoms with Crippen LogP contribution < -0.4 is 4.90 Å². The molecule has 0 radical (unpaired) electrons. The van der Waals surface area contributed by atoms with E-state index in [4.69, 9.17) is 9.47 Å². The lowest BCUT2D eigenvalue weighted by Gasteiger charge is -2.33. The first-order valence-corrected chi connectivity index (χ1v) is 12.1. The molecule has 1 aliphatic carbocycles. The zero-order valence-corrected chi connectivity index (χ0v) is 20.3. The molecule has 0 unspecified atom stereocenters. The van der Waals surface area contributed by atoms with Crippen LogP contribution in [0, 0.1) is 0 Å². The summed E-state index contributed by atoms with van der Waals surface area (Å²) in [5.41, 5.74) is 4.62. The van der Waals surface area contributed by atoms with Crippen LogP contribution in [0.25, 0.3) is 5.57 Å². The Morgan fingerprint density at radius 2 is 1.74 bits per heavy atom. The third-order valence-electron chi connectivity index (χ3n) is 6.85. The molecule has 0 N–H and O–H groups in total. The first-order valence-electron chi connectivity index (χ1n) is 12.1. The molecule has 1 aliphatic heterocycles. The van der Waals surface area contributed by atoms with E-state index in [0.29, 0.717) is 11.1 Å². The van der Waals surface area contributed by atoms with E-state index in [1.807, 2.05) is 61.7 Å². The van der Waals surface area contributed by atoms with Crippen molar-refractivity contribution in [1.82, 2.24) is 0 Å². The first-order chi connectivity index (χ1) is 16.4. The highest BCUT2D eigenvalue weighted by Gasteiger charge is 2.33. The summed E-state index contributed by atoms with van der Waals surface area (Å²) in [4.78, 5) is 27.5. The van der Waals surface area contributed by atoms with Gasteiger partial charge in [-0.1, -0.05) is 42.8 Å². The van der Waals surface area contributed by atoms with Gasteiger partial charge in [-0.25, -0.2) is 9.59 Å². The number of allylic oxidation sites excluding steroid dienone is 1. The molecule has 0 bridgehead atoms. The van der Waals surface area contributed by atoms with Gasteiger partial charge in [-0.3, -0.25) is 0 Å². The van der Waals surface area contributed by atoms with Crippen molar-refractivity contribution < 1.29 is 19.1 Å². The van der Waals surface area contributed by atoms with Crippen LogP contribution in [-0.2, 0) is 20.7 Å². The number of fused-ring (bicyclic) bond motifs is 1. The summed E-state index contributed by atoms with van der Waals surface area (Å²) in [7, 11) is 1.39. The van der Waals surface area contributed by atoms with Gasteiger partial charge in [0.25, 0.3) is 0 Å². The molecule has 5 heteroatoms. The van der Waals surface area contributed by atoms with Crippen molar-refractivity contribution >= 4 is 23.2 Å². The van der Waals surface area contributed by atoms with Crippen LogP contribution in [0.4, 0.5) is 5.69 Å². The van der Waals surface area contributed by atoms with Gasteiger partial charge < -0.3 is 14.4 Å². The summed E-state index contributed by atoms with van der Waals surface area (Å²) < 4.78 is 11.0. The molecule has 34 heavy (non-hydrogen) atoms. The first kappa shape index (κ1) is 23.8. The van der Waals surface area contributed by atoms with Crippen molar-refractivity contribution in [1.29, 1.82) is 0 Å². The maximum atomic E-state index is 13.4. The average molecular weight is 460 g/mol. The number of rotatable bonds is 6. The van der Waals surface area contributed by atoms with Gasteiger partial charge in [0, 0.05) is 24.0 Å². The van der Waals surface area contributed by atoms with Crippen LogP contribution in [0.1, 0.15) is 67.4 Å². The molecule has 0 aromatic heterocycles. The van der Waals surface area contributed by atoms with Crippen molar-refractivity contribution in [2.75, 3.05) is 18.6 Å². The lowest BCUT2D eigenvalue weighted by molar-refractivity contribution is -0.155. The van der Waals surface area contributed by atoms with Gasteiger partial charge in [-0.05, 0) is 75.3 Å². The van der Waals surface area contributed by atoms with E-state index >= 15 is 0 Å². The summed E-state index contributed by atoms with van der Waals surface area (Å²) in [6.45, 7) is 4.70. The van der Waals surface area contributed by atoms with Crippen LogP contribution in [0.5, 0.6) is 0 Å². The van der Waals surface area contributed by atoms with Crippen LogP contribution in [-0.4, -0.2) is 31.2 Å². The van der Waals surface area contributed by atoms with Gasteiger partial charge in [0.05, 0.1) is 18.2 Å². The standard InChI is InChI=1S/C29H33NO4/c1-4-24(28(32)34-29(2)16-9-6-10-17-29)25(21-11-7-5-8-12-21)20-30-18-15-22-19-23(27(31)33-3)13-14-26(22)30/h4-5,7-8,11-14,19-20H,6,9-10,15-18H2,1-3H3/b24-4?,25-20+. The maximum absolute atomic E-state index is 13.4. The summed E-state index contributed by atoms with van der Waals surface area (Å²) >= 11 is 0. The largest absolute Gasteiger partial charge is 0.465 e. The minimum atomic E-state index is -0.407. The zero-order chi connectivity index (χ0) is 24.1. The van der Waals surface area contributed by atoms with Crippen LogP contribution >= 0.6 is 0 Å². The molecule has 1 saturated carbocycles. The van der Waals surface area contributed by atoms with Crippen molar-refractivity contribution in [2.45, 2.75) is 58.0 Å². The SMILES string of the molecule is CC=C(C(=O)OC1(C)CCCCC1)/C(=C/N1CCc2cc(C(=O)OC)ccc21)c1ccccc1. The normalized spacial score (nSPS) is 17.8. The number of esters is 2. The van der Waals surface area contributed by atoms with E-state index in [9.17, 15) is 9.59 Å². The van der Waals surface area contributed by atoms with Gasteiger partial charge in [-0.15, -0.1) is 0 Å². The predicted octanol–water partition coefficient (Wildman–Crippen LogP) is 6.09. The van der Waals surface area contributed by atoms with Crippen molar-refractivity contribution in [3.8, 4) is 0 Å². The lowest BCUT2D eigenvalue weighted by Crippen LogP contribution is -2.34. The second-order valence-electron chi connectivity index (χ2n) is 9.29. The van der Waals surface area contributed by atoms with E-state index in [0.717, 1.165) is 61.0 Å². The molecule has 0 atom stereocenters. The van der Waals surface area contributed by atoms with Crippen LogP contribution in [0.3, 0.4) is 0 Å². The summed E-state index contributed by atoms with van der Waals surface area (Å²) in [6, 6.07) is 15.6. The molecule has 2 aromatic carbocycles. The molecule has 2 aromatic rings. The fourth-order valence-electron chi connectivity index (χ4n) is 4.94. The quantitative estimate of drug-likeness (QED) is 0.297. The molecule has 2 aliphatic rings. The van der Waals surface area contributed by atoms with E-state index in [1.54, 1.807) is 6.07 Å². The second kappa shape index (κ2) is 10.3. The molecule has 0 saturated heterocycles. The van der Waals surface area contributed by atoms with Crippen LogP contribution in [0.2, 0.25) is 0 Å². The van der Waals surface area contributed by atoms with Crippen LogP contribution in [0.15, 0.2) is 66.4 Å². The number of ether oxygens (including phenoxy) is 2. The van der Waals surface area contributed by atoms with E-state index in [1.165, 1.54) is 13.5 Å². The zero-order valence-electron chi connectivity index (χ0n) is 20.3. The number of nitrogens with zero attached hydrogens (tertiary/aromatic N) is 1. The Bertz CT molecular complexity index is 1110. The Hall–Kier alpha value is -3.34. The third kappa shape index (κ3) is 5.09. The Kier molecular flexibility index (Phi) is 7.20. The number of hydrogen-bond acceptors (Lipinski definition) is 5. The molecular weight excluding hydrogens is 426 g/mol. The molecule has 1 fully saturated rings. The lowest BCUT2D eigenvalue weighted by atomic mass is 9.86. The Morgan fingerprint density at radius 3 is 2.41 bits per heavy atom. The minimum absolute atomic E-state index is 0.275. The number of carbonyl (C=O) groups excluding carboxylic acids is 2. The predicted molar refractivity (Wildman–Crippen MR) is 135 cm³/mol. The highest BCUT2D eigenvalue weighted by Crippen LogP contribution is 2.36. The van der Waals surface area contributed by atoms with Crippen molar-refractivity contribution in [2.24, 2.45) is 0 Å². The van der Waals surface area contributed by atoms with E-state index in [2.05, 4.69) is 11.8 Å². The number of carbonyl (C=O) groups is 2. The third-order valence-corrected chi connectivity index (χ3v) is 6.85. The number of benzene rings is 2. The van der Waals surface area contributed by atoms with E-state index < -0.39 is 5.60 Å². The van der Waals surface area contributed by atoms with Gasteiger partial charge in [0.15, 0.2) is 0 Å². The fourth-order valence-corrected chi connectivity index (χ4v) is 4.94. The molecule has 5 nitrogen and oxygen atoms in total. The smallest absolute Gasteiger partial charge is 0.339 e. The van der Waals surface area contributed by atoms with Gasteiger partial charge >= 0.3 is 11.9 Å². The molecule has 1 heterocycles. The molecule has 0 amide bonds. The van der Waals surface area contributed by atoms with E-state index in [-0.39, 0.29) is 11.9 Å². The molecule has 4 rings (SSSR count). The summed E-state index contributed by atoms with van der Waals surface area (Å²) in [5, 5.41) is 0. The monoisotopic (exact) mass is 459 g/mol. The topological polar surface area (TPSA) is 55.8 Å². The van der Waals surface area contributed by atoms with Crippen molar-refractivity contribution in [3.05, 3.63) is 83.1 Å². The highest BCUT2D eigenvalue weighted by atomic mass is 16.6. The Morgan fingerprint density at radius 1 is 1.00 bits per heavy atom. The molecule has 0 spiro atoms. The minimum Gasteiger partial charge on any atom is -0.465 e. The van der Waals surface area contributed by atoms with Gasteiger partial charge in [0.1, 0.15) is 5.60 Å². The van der Waals surface area contributed by atoms with Gasteiger partial charge in [0.2, 0.25) is 0 Å². The second-order valence-corrected chi connectivity index (χ2v) is 9.29.